The maximum absolute atomic E-state index is 10.9. The molecule has 0 saturated carbocycles. The Morgan fingerprint density at radius 3 is 2.75 bits per heavy atom. The Kier molecular flexibility index (Phi) is 1.81. The molecule has 0 radical (unpaired) electrons. The van der Waals surface area contributed by atoms with Crippen molar-refractivity contribution in [1.29, 1.82) is 0 Å². The van der Waals surface area contributed by atoms with Crippen molar-refractivity contribution in [3.63, 3.8) is 0 Å². The summed E-state index contributed by atoms with van der Waals surface area (Å²) in [4.78, 5) is 10.9. The molecule has 4 heteroatoms. The first-order valence-electron chi connectivity index (χ1n) is 4.26. The zero-order chi connectivity index (χ0) is 8.60. The fourth-order valence-corrected chi connectivity index (χ4v) is 2.03. The second-order valence-electron chi connectivity index (χ2n) is 3.68. The van der Waals surface area contributed by atoms with E-state index < -0.39 is 5.97 Å². The van der Waals surface area contributed by atoms with Crippen LogP contribution < -0.4 is 5.32 Å². The fourth-order valence-electron chi connectivity index (χ4n) is 2.03. The summed E-state index contributed by atoms with van der Waals surface area (Å²) < 4.78 is 5.17. The molecule has 1 unspecified atom stereocenters. The summed E-state index contributed by atoms with van der Waals surface area (Å²) in [5.41, 5.74) is 0.00405. The highest BCUT2D eigenvalue weighted by Gasteiger charge is 2.49. The molecule has 2 rings (SSSR count). The Hall–Kier alpha value is -0.610. The van der Waals surface area contributed by atoms with Crippen molar-refractivity contribution in [2.45, 2.75) is 6.42 Å². The monoisotopic (exact) mass is 171 g/mol. The predicted octanol–water partition coefficient (Wildman–Crippen LogP) is -0.303. The van der Waals surface area contributed by atoms with Crippen molar-refractivity contribution in [3.8, 4) is 0 Å². The molecule has 12 heavy (non-hydrogen) atoms. The number of hydrogen-bond acceptors (Lipinski definition) is 3. The molecular weight excluding hydrogens is 158 g/mol. The predicted molar refractivity (Wildman–Crippen MR) is 41.9 cm³/mol. The summed E-state index contributed by atoms with van der Waals surface area (Å²) in [5.74, 6) is -1.01. The first kappa shape index (κ1) is 8.01. The van der Waals surface area contributed by atoms with Gasteiger partial charge in [-0.25, -0.2) is 0 Å². The van der Waals surface area contributed by atoms with Gasteiger partial charge in [-0.3, -0.25) is 4.79 Å². The molecule has 1 spiro atoms. The number of hydrogen-bond donors (Lipinski definition) is 2. The van der Waals surface area contributed by atoms with Crippen LogP contribution >= 0.6 is 0 Å². The normalized spacial score (nSPS) is 32.8. The second-order valence-corrected chi connectivity index (χ2v) is 3.68. The van der Waals surface area contributed by atoms with Gasteiger partial charge in [-0.05, 0) is 6.42 Å². The van der Waals surface area contributed by atoms with Crippen LogP contribution in [0.1, 0.15) is 6.42 Å². The zero-order valence-electron chi connectivity index (χ0n) is 6.88. The third kappa shape index (κ3) is 1.03. The number of carbonyl (C=O) groups is 1. The molecule has 0 aromatic rings. The van der Waals surface area contributed by atoms with Crippen LogP contribution in [0.4, 0.5) is 0 Å². The van der Waals surface area contributed by atoms with Crippen molar-refractivity contribution in [1.82, 2.24) is 5.32 Å². The van der Waals surface area contributed by atoms with Gasteiger partial charge in [0.2, 0.25) is 0 Å². The lowest BCUT2D eigenvalue weighted by Crippen LogP contribution is -2.62. The van der Waals surface area contributed by atoms with Crippen molar-refractivity contribution in [2.75, 3.05) is 26.3 Å². The van der Waals surface area contributed by atoms with Gasteiger partial charge in [0.1, 0.15) is 0 Å². The van der Waals surface area contributed by atoms with Gasteiger partial charge in [0.05, 0.1) is 12.5 Å². The number of rotatable bonds is 1. The summed E-state index contributed by atoms with van der Waals surface area (Å²) in [5, 5.41) is 12.1. The summed E-state index contributed by atoms with van der Waals surface area (Å²) in [7, 11) is 0. The van der Waals surface area contributed by atoms with Gasteiger partial charge in [-0.2, -0.15) is 0 Å². The molecule has 0 aromatic carbocycles. The van der Waals surface area contributed by atoms with Crippen molar-refractivity contribution < 1.29 is 14.6 Å². The Labute approximate surface area is 70.9 Å². The summed E-state index contributed by atoms with van der Waals surface area (Å²) in [6, 6.07) is 0. The summed E-state index contributed by atoms with van der Waals surface area (Å²) >= 11 is 0. The van der Waals surface area contributed by atoms with Gasteiger partial charge < -0.3 is 15.2 Å². The van der Waals surface area contributed by atoms with Crippen LogP contribution in [0.25, 0.3) is 0 Å². The lowest BCUT2D eigenvalue weighted by atomic mass is 9.67. The standard InChI is InChI=1S/C8H13NO3/c10-7(11)6-3-12-2-1-8(6)4-9-5-8/h6,9H,1-5H2,(H,10,11). The highest BCUT2D eigenvalue weighted by Crippen LogP contribution is 2.39. The van der Waals surface area contributed by atoms with Crippen LogP contribution in [0.3, 0.4) is 0 Å². The zero-order valence-corrected chi connectivity index (χ0v) is 6.88. The van der Waals surface area contributed by atoms with Crippen LogP contribution in [0.15, 0.2) is 0 Å². The van der Waals surface area contributed by atoms with E-state index in [0.29, 0.717) is 13.2 Å². The number of nitrogens with one attached hydrogen (secondary N) is 1. The average Bonchev–Trinajstić information content (AvgIpc) is 2.01. The van der Waals surface area contributed by atoms with Gasteiger partial charge in [0, 0.05) is 25.1 Å². The van der Waals surface area contributed by atoms with E-state index in [4.69, 9.17) is 9.84 Å². The quantitative estimate of drug-likeness (QED) is 0.568. The SMILES string of the molecule is O=C(O)C1COCCC12CNC2. The fraction of sp³-hybridized carbons (Fsp3) is 0.875. The Morgan fingerprint density at radius 2 is 2.33 bits per heavy atom. The third-order valence-corrected chi connectivity index (χ3v) is 3.02. The molecule has 0 aromatic heterocycles. The lowest BCUT2D eigenvalue weighted by Gasteiger charge is -2.49. The first-order chi connectivity index (χ1) is 5.75. The van der Waals surface area contributed by atoms with E-state index >= 15 is 0 Å². The van der Waals surface area contributed by atoms with Crippen LogP contribution in [-0.4, -0.2) is 37.4 Å². The van der Waals surface area contributed by atoms with Crippen molar-refractivity contribution >= 4 is 5.97 Å². The van der Waals surface area contributed by atoms with E-state index in [1.807, 2.05) is 0 Å². The first-order valence-corrected chi connectivity index (χ1v) is 4.26. The summed E-state index contributed by atoms with van der Waals surface area (Å²) in [6.07, 6.45) is 0.886. The minimum Gasteiger partial charge on any atom is -0.481 e. The van der Waals surface area contributed by atoms with Gasteiger partial charge in [0.25, 0.3) is 0 Å². The van der Waals surface area contributed by atoms with E-state index in [-0.39, 0.29) is 11.3 Å². The van der Waals surface area contributed by atoms with E-state index in [0.717, 1.165) is 19.5 Å². The molecule has 2 aliphatic heterocycles. The topological polar surface area (TPSA) is 58.6 Å². The maximum Gasteiger partial charge on any atom is 0.309 e. The van der Waals surface area contributed by atoms with E-state index in [9.17, 15) is 4.79 Å². The number of carboxylic acid groups (broad SMARTS) is 1. The Bertz CT molecular complexity index is 200. The molecule has 2 aliphatic rings. The van der Waals surface area contributed by atoms with E-state index in [1.54, 1.807) is 0 Å². The molecular formula is C8H13NO3. The minimum absolute atomic E-state index is 0.00405. The van der Waals surface area contributed by atoms with Crippen molar-refractivity contribution in [2.24, 2.45) is 11.3 Å². The van der Waals surface area contributed by atoms with Gasteiger partial charge >= 0.3 is 5.97 Å². The van der Waals surface area contributed by atoms with E-state index in [1.165, 1.54) is 0 Å². The molecule has 0 bridgehead atoms. The molecule has 68 valence electrons. The molecule has 2 N–H and O–H groups in total. The number of ether oxygens (including phenoxy) is 1. The van der Waals surface area contributed by atoms with Crippen LogP contribution in [0.2, 0.25) is 0 Å². The molecule has 0 aliphatic carbocycles. The number of carboxylic acids is 1. The van der Waals surface area contributed by atoms with Crippen molar-refractivity contribution in [3.05, 3.63) is 0 Å². The maximum atomic E-state index is 10.9. The summed E-state index contributed by atoms with van der Waals surface area (Å²) in [6.45, 7) is 2.78. The lowest BCUT2D eigenvalue weighted by molar-refractivity contribution is -0.160. The van der Waals surface area contributed by atoms with E-state index in [2.05, 4.69) is 5.32 Å². The van der Waals surface area contributed by atoms with Gasteiger partial charge in [-0.15, -0.1) is 0 Å². The molecule has 4 nitrogen and oxygen atoms in total. The van der Waals surface area contributed by atoms with Crippen LogP contribution in [-0.2, 0) is 9.53 Å². The number of aliphatic carboxylic acids is 1. The largest absolute Gasteiger partial charge is 0.481 e. The average molecular weight is 171 g/mol. The Morgan fingerprint density at radius 1 is 1.58 bits per heavy atom. The second kappa shape index (κ2) is 2.71. The smallest absolute Gasteiger partial charge is 0.309 e. The highest BCUT2D eigenvalue weighted by atomic mass is 16.5. The molecule has 0 amide bonds. The molecule has 2 fully saturated rings. The third-order valence-electron chi connectivity index (χ3n) is 3.02. The van der Waals surface area contributed by atoms with Gasteiger partial charge in [-0.1, -0.05) is 0 Å². The van der Waals surface area contributed by atoms with Crippen LogP contribution in [0.5, 0.6) is 0 Å². The Balaban J connectivity index is 2.11. The van der Waals surface area contributed by atoms with Gasteiger partial charge in [0.15, 0.2) is 0 Å². The minimum atomic E-state index is -0.712. The molecule has 2 heterocycles. The van der Waals surface area contributed by atoms with Crippen LogP contribution in [0, 0.1) is 11.3 Å². The highest BCUT2D eigenvalue weighted by molar-refractivity contribution is 5.71. The molecule has 2 saturated heterocycles. The molecule has 1 atom stereocenters.